The summed E-state index contributed by atoms with van der Waals surface area (Å²) in [5.74, 6) is 1.03. The highest BCUT2D eigenvalue weighted by Gasteiger charge is 2.23. The normalized spacial score (nSPS) is 19.4. The molecule has 2 aromatic rings. The number of rotatable bonds is 6. The summed E-state index contributed by atoms with van der Waals surface area (Å²) in [5, 5.41) is 7.43. The number of pyridine rings is 1. The third kappa shape index (κ3) is 5.50. The van der Waals surface area contributed by atoms with Crippen molar-refractivity contribution in [1.82, 2.24) is 10.3 Å². The molecule has 0 bridgehead atoms. The van der Waals surface area contributed by atoms with Crippen LogP contribution in [0, 0.1) is 5.92 Å². The number of nitrogens with zero attached hydrogens (tertiary/aromatic N) is 1. The first-order chi connectivity index (χ1) is 13.0. The van der Waals surface area contributed by atoms with Crippen molar-refractivity contribution in [2.45, 2.75) is 31.7 Å². The summed E-state index contributed by atoms with van der Waals surface area (Å²) < 4.78 is 5.06. The lowest BCUT2D eigenvalue weighted by Crippen LogP contribution is -2.38. The SMILES string of the molecule is COc1ccc(NCC2CCC(NC(=O)c3cc(Cl)ccc3Cl)CC2)cn1. The number of nitrogens with one attached hydrogen (secondary N) is 2. The molecular weight excluding hydrogens is 385 g/mol. The van der Waals surface area contributed by atoms with Gasteiger partial charge in [-0.25, -0.2) is 4.98 Å². The number of ether oxygens (including phenoxy) is 1. The number of methoxy groups -OCH3 is 1. The van der Waals surface area contributed by atoms with Crippen LogP contribution in [0.15, 0.2) is 36.5 Å². The number of aromatic nitrogens is 1. The molecule has 0 spiro atoms. The molecule has 0 radical (unpaired) electrons. The molecular formula is C20H23Cl2N3O2. The summed E-state index contributed by atoms with van der Waals surface area (Å²) in [4.78, 5) is 16.6. The number of hydrogen-bond acceptors (Lipinski definition) is 4. The van der Waals surface area contributed by atoms with Gasteiger partial charge in [-0.3, -0.25) is 4.79 Å². The van der Waals surface area contributed by atoms with Crippen LogP contribution in [0.25, 0.3) is 0 Å². The maximum absolute atomic E-state index is 12.4. The van der Waals surface area contributed by atoms with Gasteiger partial charge in [-0.1, -0.05) is 23.2 Å². The Kier molecular flexibility index (Phi) is 6.80. The van der Waals surface area contributed by atoms with E-state index in [1.54, 1.807) is 31.5 Å². The average molecular weight is 408 g/mol. The van der Waals surface area contributed by atoms with Crippen molar-refractivity contribution in [2.24, 2.45) is 5.92 Å². The Morgan fingerprint density at radius 3 is 2.63 bits per heavy atom. The molecule has 1 aromatic carbocycles. The van der Waals surface area contributed by atoms with Gasteiger partial charge in [-0.2, -0.15) is 0 Å². The Morgan fingerprint density at radius 2 is 1.96 bits per heavy atom. The number of benzene rings is 1. The Balaban J connectivity index is 1.44. The van der Waals surface area contributed by atoms with Gasteiger partial charge in [0.1, 0.15) is 0 Å². The summed E-state index contributed by atoms with van der Waals surface area (Å²) >= 11 is 12.1. The largest absolute Gasteiger partial charge is 0.481 e. The average Bonchev–Trinajstić information content (AvgIpc) is 2.69. The van der Waals surface area contributed by atoms with Crippen molar-refractivity contribution in [1.29, 1.82) is 0 Å². The molecule has 5 nitrogen and oxygen atoms in total. The first kappa shape index (κ1) is 19.8. The van der Waals surface area contributed by atoms with Gasteiger partial charge in [0, 0.05) is 23.7 Å². The zero-order chi connectivity index (χ0) is 19.2. The quantitative estimate of drug-likeness (QED) is 0.721. The summed E-state index contributed by atoms with van der Waals surface area (Å²) in [6.07, 6.45) is 5.81. The van der Waals surface area contributed by atoms with E-state index in [4.69, 9.17) is 27.9 Å². The first-order valence-electron chi connectivity index (χ1n) is 9.05. The second-order valence-electron chi connectivity index (χ2n) is 6.79. The van der Waals surface area contributed by atoms with E-state index in [0.29, 0.717) is 27.4 Å². The van der Waals surface area contributed by atoms with Crippen LogP contribution in [0.3, 0.4) is 0 Å². The fourth-order valence-corrected chi connectivity index (χ4v) is 3.69. The maximum Gasteiger partial charge on any atom is 0.253 e. The number of amides is 1. The van der Waals surface area contributed by atoms with E-state index in [-0.39, 0.29) is 11.9 Å². The maximum atomic E-state index is 12.4. The summed E-state index contributed by atoms with van der Waals surface area (Å²) in [6.45, 7) is 0.898. The summed E-state index contributed by atoms with van der Waals surface area (Å²) in [5.41, 5.74) is 1.42. The monoisotopic (exact) mass is 407 g/mol. The predicted molar refractivity (Wildman–Crippen MR) is 109 cm³/mol. The van der Waals surface area contributed by atoms with E-state index in [1.165, 1.54) is 0 Å². The van der Waals surface area contributed by atoms with E-state index in [9.17, 15) is 4.79 Å². The van der Waals surface area contributed by atoms with Gasteiger partial charge in [0.25, 0.3) is 5.91 Å². The predicted octanol–water partition coefficient (Wildman–Crippen LogP) is 4.80. The topological polar surface area (TPSA) is 63.2 Å². The molecule has 0 unspecified atom stereocenters. The third-order valence-corrected chi connectivity index (χ3v) is 5.46. The van der Waals surface area contributed by atoms with E-state index >= 15 is 0 Å². The molecule has 1 saturated carbocycles. The summed E-state index contributed by atoms with van der Waals surface area (Å²) in [6, 6.07) is 8.92. The lowest BCUT2D eigenvalue weighted by Gasteiger charge is -2.29. The van der Waals surface area contributed by atoms with Crippen molar-refractivity contribution >= 4 is 34.8 Å². The second-order valence-corrected chi connectivity index (χ2v) is 7.63. The molecule has 7 heteroatoms. The van der Waals surface area contributed by atoms with Crippen LogP contribution in [-0.2, 0) is 0 Å². The minimum Gasteiger partial charge on any atom is -0.481 e. The van der Waals surface area contributed by atoms with E-state index in [1.807, 2.05) is 12.1 Å². The van der Waals surface area contributed by atoms with Gasteiger partial charge in [0.05, 0.1) is 29.6 Å². The zero-order valence-corrected chi connectivity index (χ0v) is 16.7. The van der Waals surface area contributed by atoms with Crippen molar-refractivity contribution in [3.05, 3.63) is 52.1 Å². The Bertz CT molecular complexity index is 775. The van der Waals surface area contributed by atoms with Gasteiger partial charge < -0.3 is 15.4 Å². The van der Waals surface area contributed by atoms with Gasteiger partial charge in [0.15, 0.2) is 0 Å². The number of carbonyl (C=O) groups is 1. The first-order valence-corrected chi connectivity index (χ1v) is 9.80. The molecule has 0 saturated heterocycles. The highest BCUT2D eigenvalue weighted by Crippen LogP contribution is 2.26. The Hall–Kier alpha value is -1.98. The van der Waals surface area contributed by atoms with Crippen molar-refractivity contribution in [3.8, 4) is 5.88 Å². The molecule has 2 N–H and O–H groups in total. The number of halogens is 2. The number of carbonyl (C=O) groups excluding carboxylic acids is 1. The molecule has 27 heavy (non-hydrogen) atoms. The van der Waals surface area contributed by atoms with Crippen LogP contribution in [0.2, 0.25) is 10.0 Å². The highest BCUT2D eigenvalue weighted by atomic mass is 35.5. The van der Waals surface area contributed by atoms with Gasteiger partial charge >= 0.3 is 0 Å². The van der Waals surface area contributed by atoms with Crippen LogP contribution in [0.5, 0.6) is 5.88 Å². The van der Waals surface area contributed by atoms with Crippen LogP contribution in [0.4, 0.5) is 5.69 Å². The smallest absolute Gasteiger partial charge is 0.253 e. The van der Waals surface area contributed by atoms with E-state index < -0.39 is 0 Å². The molecule has 1 aliphatic rings. The molecule has 1 heterocycles. The van der Waals surface area contributed by atoms with Crippen LogP contribution in [0.1, 0.15) is 36.0 Å². The molecule has 144 valence electrons. The molecule has 0 aliphatic heterocycles. The van der Waals surface area contributed by atoms with Gasteiger partial charge in [-0.05, 0) is 55.9 Å². The molecule has 1 aromatic heterocycles. The molecule has 1 aliphatic carbocycles. The minimum absolute atomic E-state index is 0.159. The van der Waals surface area contributed by atoms with E-state index in [2.05, 4.69) is 15.6 Å². The van der Waals surface area contributed by atoms with E-state index in [0.717, 1.165) is 37.9 Å². The van der Waals surface area contributed by atoms with Crippen LogP contribution >= 0.6 is 23.2 Å². The van der Waals surface area contributed by atoms with Crippen molar-refractivity contribution in [3.63, 3.8) is 0 Å². The standard InChI is InChI=1S/C20H23Cl2N3O2/c1-27-19-9-7-16(12-24-19)23-11-13-2-5-15(6-3-13)25-20(26)17-10-14(21)4-8-18(17)22/h4,7-10,12-13,15,23H,2-3,5-6,11H2,1H3,(H,25,26). The molecule has 1 fully saturated rings. The second kappa shape index (κ2) is 9.29. The molecule has 3 rings (SSSR count). The van der Waals surface area contributed by atoms with Crippen LogP contribution < -0.4 is 15.4 Å². The number of anilines is 1. The summed E-state index contributed by atoms with van der Waals surface area (Å²) in [7, 11) is 1.60. The Labute approximate surface area is 169 Å². The minimum atomic E-state index is -0.159. The van der Waals surface area contributed by atoms with Gasteiger partial charge in [-0.15, -0.1) is 0 Å². The lowest BCUT2D eigenvalue weighted by molar-refractivity contribution is 0.0923. The van der Waals surface area contributed by atoms with Gasteiger partial charge in [0.2, 0.25) is 5.88 Å². The van der Waals surface area contributed by atoms with Crippen LogP contribution in [-0.4, -0.2) is 30.6 Å². The third-order valence-electron chi connectivity index (χ3n) is 4.90. The fraction of sp³-hybridized carbons (Fsp3) is 0.400. The lowest BCUT2D eigenvalue weighted by atomic mass is 9.86. The number of hydrogen-bond donors (Lipinski definition) is 2. The van der Waals surface area contributed by atoms with Crippen molar-refractivity contribution < 1.29 is 9.53 Å². The zero-order valence-electron chi connectivity index (χ0n) is 15.2. The Morgan fingerprint density at radius 1 is 1.19 bits per heavy atom. The highest BCUT2D eigenvalue weighted by molar-refractivity contribution is 6.35. The van der Waals surface area contributed by atoms with Crippen molar-refractivity contribution in [2.75, 3.05) is 19.0 Å². The molecule has 0 atom stereocenters. The molecule has 1 amide bonds. The fourth-order valence-electron chi connectivity index (χ4n) is 3.31.